The van der Waals surface area contributed by atoms with Gasteiger partial charge in [0.1, 0.15) is 0 Å². The molecule has 1 heterocycles. The first kappa shape index (κ1) is 15.5. The molecule has 0 aliphatic heterocycles. The predicted octanol–water partition coefficient (Wildman–Crippen LogP) is 1.55. The third-order valence-electron chi connectivity index (χ3n) is 2.99. The van der Waals surface area contributed by atoms with Crippen LogP contribution in [-0.2, 0) is 16.6 Å². The van der Waals surface area contributed by atoms with Gasteiger partial charge in [0, 0.05) is 19.8 Å². The molecule has 2 aromatic rings. The van der Waals surface area contributed by atoms with Gasteiger partial charge in [-0.15, -0.1) is 0 Å². The highest BCUT2D eigenvalue weighted by atomic mass is 32.2. The van der Waals surface area contributed by atoms with Crippen molar-refractivity contribution in [1.82, 2.24) is 14.4 Å². The quantitative estimate of drug-likeness (QED) is 0.901. The van der Waals surface area contributed by atoms with Crippen LogP contribution >= 0.6 is 0 Å². The van der Waals surface area contributed by atoms with Crippen molar-refractivity contribution in [3.8, 4) is 0 Å². The fraction of sp³-hybridized carbons (Fsp3) is 0.385. The van der Waals surface area contributed by atoms with E-state index in [0.717, 1.165) is 5.56 Å². The Balaban J connectivity index is 2.24. The molecule has 0 unspecified atom stereocenters. The lowest BCUT2D eigenvalue weighted by Crippen LogP contribution is -2.22. The molecule has 0 aliphatic carbocycles. The second kappa shape index (κ2) is 5.82. The first-order chi connectivity index (χ1) is 9.80. The van der Waals surface area contributed by atoms with E-state index in [0.29, 0.717) is 23.9 Å². The standard InChI is InChI=1S/C13H18N4O3S/c1-9-5-6-11(21(18,19)17(3)4)7-12(9)14-8-13-15-10(2)16-20-13/h5-7,14H,8H2,1-4H3. The van der Waals surface area contributed by atoms with Crippen molar-refractivity contribution in [2.24, 2.45) is 0 Å². The molecule has 7 nitrogen and oxygen atoms in total. The maximum Gasteiger partial charge on any atom is 0.245 e. The molecule has 0 bridgehead atoms. The van der Waals surface area contributed by atoms with Crippen LogP contribution in [0, 0.1) is 13.8 Å². The van der Waals surface area contributed by atoms with Crippen LogP contribution < -0.4 is 5.32 Å². The Hall–Kier alpha value is -1.93. The number of benzene rings is 1. The van der Waals surface area contributed by atoms with E-state index in [4.69, 9.17) is 4.52 Å². The molecule has 1 N–H and O–H groups in total. The van der Waals surface area contributed by atoms with Crippen LogP contribution in [0.4, 0.5) is 5.69 Å². The van der Waals surface area contributed by atoms with Gasteiger partial charge in [-0.05, 0) is 31.5 Å². The Bertz CT molecular complexity index is 738. The van der Waals surface area contributed by atoms with E-state index in [9.17, 15) is 8.42 Å². The Morgan fingerprint density at radius 2 is 2.00 bits per heavy atom. The molecule has 0 aliphatic rings. The summed E-state index contributed by atoms with van der Waals surface area (Å²) >= 11 is 0. The van der Waals surface area contributed by atoms with Crippen molar-refractivity contribution in [3.63, 3.8) is 0 Å². The molecule has 1 aromatic heterocycles. The van der Waals surface area contributed by atoms with Gasteiger partial charge in [-0.3, -0.25) is 0 Å². The fourth-order valence-corrected chi connectivity index (χ4v) is 2.67. The number of sulfonamides is 1. The summed E-state index contributed by atoms with van der Waals surface area (Å²) in [4.78, 5) is 4.33. The molecule has 8 heteroatoms. The zero-order valence-corrected chi connectivity index (χ0v) is 13.2. The molecule has 0 amide bonds. The number of nitrogens with one attached hydrogen (secondary N) is 1. The van der Waals surface area contributed by atoms with E-state index in [1.807, 2.05) is 6.92 Å². The van der Waals surface area contributed by atoms with Gasteiger partial charge in [0.2, 0.25) is 15.9 Å². The van der Waals surface area contributed by atoms with Crippen LogP contribution in [0.2, 0.25) is 0 Å². The number of anilines is 1. The molecule has 1 aromatic carbocycles. The summed E-state index contributed by atoms with van der Waals surface area (Å²) in [7, 11) is -0.446. The van der Waals surface area contributed by atoms with E-state index in [1.54, 1.807) is 25.1 Å². The molecule has 114 valence electrons. The molecular formula is C13H18N4O3S. The second-order valence-corrected chi connectivity index (χ2v) is 7.00. The van der Waals surface area contributed by atoms with Crippen molar-refractivity contribution in [2.45, 2.75) is 25.3 Å². The third kappa shape index (κ3) is 3.40. The maximum atomic E-state index is 12.1. The maximum absolute atomic E-state index is 12.1. The molecule has 0 atom stereocenters. The van der Waals surface area contributed by atoms with Crippen LogP contribution in [-0.4, -0.2) is 37.0 Å². The Labute approximate surface area is 124 Å². The number of aromatic nitrogens is 2. The Morgan fingerprint density at radius 3 is 2.57 bits per heavy atom. The van der Waals surface area contributed by atoms with E-state index in [-0.39, 0.29) is 4.90 Å². The summed E-state index contributed by atoms with van der Waals surface area (Å²) in [6.07, 6.45) is 0. The minimum Gasteiger partial charge on any atom is -0.376 e. The van der Waals surface area contributed by atoms with E-state index < -0.39 is 10.0 Å². The highest BCUT2D eigenvalue weighted by Gasteiger charge is 2.18. The minimum atomic E-state index is -3.45. The fourth-order valence-electron chi connectivity index (χ4n) is 1.75. The van der Waals surface area contributed by atoms with Gasteiger partial charge >= 0.3 is 0 Å². The average molecular weight is 310 g/mol. The Morgan fingerprint density at radius 1 is 1.29 bits per heavy atom. The lowest BCUT2D eigenvalue weighted by Gasteiger charge is -2.14. The Kier molecular flexibility index (Phi) is 4.29. The number of hydrogen-bond acceptors (Lipinski definition) is 6. The zero-order chi connectivity index (χ0) is 15.6. The van der Waals surface area contributed by atoms with Crippen molar-refractivity contribution < 1.29 is 12.9 Å². The number of hydrogen-bond donors (Lipinski definition) is 1. The monoisotopic (exact) mass is 310 g/mol. The van der Waals surface area contributed by atoms with Gasteiger partial charge in [-0.1, -0.05) is 11.2 Å². The lowest BCUT2D eigenvalue weighted by atomic mass is 10.2. The van der Waals surface area contributed by atoms with Crippen molar-refractivity contribution in [1.29, 1.82) is 0 Å². The lowest BCUT2D eigenvalue weighted by molar-refractivity contribution is 0.379. The summed E-state index contributed by atoms with van der Waals surface area (Å²) in [5.74, 6) is 1.01. The SMILES string of the molecule is Cc1noc(CNc2cc(S(=O)(=O)N(C)C)ccc2C)n1. The highest BCUT2D eigenvalue weighted by Crippen LogP contribution is 2.22. The molecular weight excluding hydrogens is 292 g/mol. The van der Waals surface area contributed by atoms with Crippen LogP contribution in [0.25, 0.3) is 0 Å². The summed E-state index contributed by atoms with van der Waals surface area (Å²) in [5, 5.41) is 6.82. The van der Waals surface area contributed by atoms with Gasteiger partial charge in [-0.2, -0.15) is 4.98 Å². The summed E-state index contributed by atoms with van der Waals surface area (Å²) in [6, 6.07) is 4.96. The minimum absolute atomic E-state index is 0.238. The van der Waals surface area contributed by atoms with Crippen LogP contribution in [0.3, 0.4) is 0 Å². The highest BCUT2D eigenvalue weighted by molar-refractivity contribution is 7.89. The van der Waals surface area contributed by atoms with Crippen molar-refractivity contribution >= 4 is 15.7 Å². The van der Waals surface area contributed by atoms with E-state index in [1.165, 1.54) is 18.4 Å². The second-order valence-electron chi connectivity index (χ2n) is 4.85. The van der Waals surface area contributed by atoms with Crippen molar-refractivity contribution in [3.05, 3.63) is 35.5 Å². The largest absolute Gasteiger partial charge is 0.376 e. The molecule has 0 radical (unpaired) electrons. The molecule has 21 heavy (non-hydrogen) atoms. The van der Waals surface area contributed by atoms with Crippen LogP contribution in [0.1, 0.15) is 17.3 Å². The van der Waals surface area contributed by atoms with Gasteiger partial charge in [0.15, 0.2) is 5.82 Å². The average Bonchev–Trinajstić information content (AvgIpc) is 2.83. The van der Waals surface area contributed by atoms with Crippen LogP contribution in [0.5, 0.6) is 0 Å². The molecule has 0 fully saturated rings. The van der Waals surface area contributed by atoms with Crippen LogP contribution in [0.15, 0.2) is 27.6 Å². The van der Waals surface area contributed by atoms with Gasteiger partial charge in [0.25, 0.3) is 0 Å². The molecule has 0 saturated heterocycles. The molecule has 0 saturated carbocycles. The third-order valence-corrected chi connectivity index (χ3v) is 4.80. The van der Waals surface area contributed by atoms with Crippen molar-refractivity contribution in [2.75, 3.05) is 19.4 Å². The first-order valence-electron chi connectivity index (χ1n) is 6.37. The zero-order valence-electron chi connectivity index (χ0n) is 12.4. The summed E-state index contributed by atoms with van der Waals surface area (Å²) in [5.41, 5.74) is 1.65. The van der Waals surface area contributed by atoms with Gasteiger partial charge in [-0.25, -0.2) is 12.7 Å². The topological polar surface area (TPSA) is 88.3 Å². The van der Waals surface area contributed by atoms with Gasteiger partial charge < -0.3 is 9.84 Å². The van der Waals surface area contributed by atoms with E-state index >= 15 is 0 Å². The number of nitrogens with zero attached hydrogens (tertiary/aromatic N) is 3. The smallest absolute Gasteiger partial charge is 0.245 e. The normalized spacial score (nSPS) is 11.9. The summed E-state index contributed by atoms with van der Waals surface area (Å²) in [6.45, 7) is 3.98. The van der Waals surface area contributed by atoms with Gasteiger partial charge in [0.05, 0.1) is 11.4 Å². The van der Waals surface area contributed by atoms with E-state index in [2.05, 4.69) is 15.5 Å². The number of rotatable bonds is 5. The first-order valence-corrected chi connectivity index (χ1v) is 7.81. The molecule has 2 rings (SSSR count). The summed E-state index contributed by atoms with van der Waals surface area (Å²) < 4.78 is 30.5. The molecule has 0 spiro atoms. The predicted molar refractivity (Wildman–Crippen MR) is 78.4 cm³/mol. The number of aryl methyl sites for hydroxylation is 2.